The van der Waals surface area contributed by atoms with Crippen LogP contribution < -0.4 is 0 Å². The highest BCUT2D eigenvalue weighted by Gasteiger charge is 2.31. The molecule has 2 N–H and O–H groups in total. The lowest BCUT2D eigenvalue weighted by Crippen LogP contribution is -2.46. The highest BCUT2D eigenvalue weighted by atomic mass is 16.5. The number of carboxylic acid groups (broad SMARTS) is 1. The molecule has 0 saturated heterocycles. The second kappa shape index (κ2) is 10.1. The molecule has 6 heteroatoms. The van der Waals surface area contributed by atoms with E-state index in [0.717, 1.165) is 16.0 Å². The maximum absolute atomic E-state index is 12.9. The van der Waals surface area contributed by atoms with Crippen LogP contribution in [0.5, 0.6) is 5.75 Å². The van der Waals surface area contributed by atoms with Crippen molar-refractivity contribution in [2.45, 2.75) is 25.6 Å². The van der Waals surface area contributed by atoms with Gasteiger partial charge in [-0.15, -0.1) is 0 Å². The number of phenols is 1. The van der Waals surface area contributed by atoms with Crippen LogP contribution in [0.3, 0.4) is 0 Å². The van der Waals surface area contributed by atoms with Gasteiger partial charge in [-0.1, -0.05) is 72.8 Å². The average molecular weight is 405 g/mol. The predicted octanol–water partition coefficient (Wildman–Crippen LogP) is 4.23. The van der Waals surface area contributed by atoms with Crippen LogP contribution in [-0.4, -0.2) is 33.2 Å². The molecule has 0 heterocycles. The van der Waals surface area contributed by atoms with Gasteiger partial charge in [0, 0.05) is 13.0 Å². The molecule has 0 unspecified atom stereocenters. The molecule has 3 aromatic carbocycles. The van der Waals surface area contributed by atoms with Crippen LogP contribution in [0.4, 0.5) is 4.79 Å². The fourth-order valence-electron chi connectivity index (χ4n) is 3.09. The van der Waals surface area contributed by atoms with Crippen LogP contribution in [0.1, 0.15) is 16.7 Å². The minimum Gasteiger partial charge on any atom is -0.508 e. The smallest absolute Gasteiger partial charge is 0.408 e. The Morgan fingerprint density at radius 2 is 1.37 bits per heavy atom. The third-order valence-electron chi connectivity index (χ3n) is 4.68. The van der Waals surface area contributed by atoms with Crippen molar-refractivity contribution in [3.8, 4) is 5.75 Å². The molecule has 30 heavy (non-hydrogen) atoms. The molecule has 0 saturated carbocycles. The number of amides is 1. The molecule has 0 aromatic heterocycles. The lowest BCUT2D eigenvalue weighted by atomic mass is 10.0. The van der Waals surface area contributed by atoms with Crippen LogP contribution in [0.15, 0.2) is 84.9 Å². The third-order valence-corrected chi connectivity index (χ3v) is 4.68. The van der Waals surface area contributed by atoms with E-state index in [4.69, 9.17) is 4.74 Å². The van der Waals surface area contributed by atoms with Gasteiger partial charge >= 0.3 is 12.1 Å². The summed E-state index contributed by atoms with van der Waals surface area (Å²) in [6.45, 7) is 0.115. The van der Waals surface area contributed by atoms with E-state index in [-0.39, 0.29) is 25.3 Å². The first-order chi connectivity index (χ1) is 14.5. The Morgan fingerprint density at radius 3 is 1.93 bits per heavy atom. The summed E-state index contributed by atoms with van der Waals surface area (Å²) < 4.78 is 5.46. The number of rotatable bonds is 8. The molecule has 6 nitrogen and oxygen atoms in total. The number of aromatic hydroxyl groups is 1. The maximum atomic E-state index is 12.9. The highest BCUT2D eigenvalue weighted by molar-refractivity contribution is 5.81. The lowest BCUT2D eigenvalue weighted by Gasteiger charge is -2.28. The molecule has 0 radical (unpaired) electrons. The zero-order valence-electron chi connectivity index (χ0n) is 16.3. The second-order valence-corrected chi connectivity index (χ2v) is 6.88. The van der Waals surface area contributed by atoms with E-state index in [1.165, 1.54) is 12.1 Å². The van der Waals surface area contributed by atoms with E-state index in [2.05, 4.69) is 0 Å². The minimum atomic E-state index is -1.21. The van der Waals surface area contributed by atoms with Gasteiger partial charge in [-0.2, -0.15) is 0 Å². The molecule has 0 aliphatic rings. The monoisotopic (exact) mass is 405 g/mol. The maximum Gasteiger partial charge on any atom is 0.408 e. The molecule has 3 aromatic rings. The topological polar surface area (TPSA) is 87.1 Å². The molecule has 0 fully saturated rings. The number of nitrogens with zero attached hydrogens (tertiary/aromatic N) is 1. The SMILES string of the molecule is O=C(OCc1ccccc1)[C@H](Cc1ccc(O)cc1)N(Cc1ccccc1)C(=O)O. The molecule has 154 valence electrons. The lowest BCUT2D eigenvalue weighted by molar-refractivity contribution is -0.151. The molecule has 0 spiro atoms. The third kappa shape index (κ3) is 5.85. The number of phenolic OH excluding ortho intramolecular Hbond substituents is 1. The van der Waals surface area contributed by atoms with Gasteiger partial charge in [0.1, 0.15) is 18.4 Å². The van der Waals surface area contributed by atoms with Crippen LogP contribution in [0.2, 0.25) is 0 Å². The fraction of sp³-hybridized carbons (Fsp3) is 0.167. The van der Waals surface area contributed by atoms with E-state index < -0.39 is 18.1 Å². The van der Waals surface area contributed by atoms with Crippen molar-refractivity contribution in [3.63, 3.8) is 0 Å². The van der Waals surface area contributed by atoms with Crippen LogP contribution in [0.25, 0.3) is 0 Å². The van der Waals surface area contributed by atoms with Gasteiger partial charge in [-0.25, -0.2) is 9.59 Å². The summed E-state index contributed by atoms with van der Waals surface area (Å²) in [7, 11) is 0. The Hall–Kier alpha value is -3.80. The molecular formula is C24H23NO5. The van der Waals surface area contributed by atoms with Crippen molar-refractivity contribution < 1.29 is 24.5 Å². The van der Waals surface area contributed by atoms with Crippen LogP contribution in [-0.2, 0) is 29.1 Å². The van der Waals surface area contributed by atoms with E-state index >= 15 is 0 Å². The first kappa shape index (κ1) is 20.9. The minimum absolute atomic E-state index is 0.0549. The van der Waals surface area contributed by atoms with Gasteiger partial charge in [-0.05, 0) is 28.8 Å². The first-order valence-corrected chi connectivity index (χ1v) is 9.55. The van der Waals surface area contributed by atoms with Crippen molar-refractivity contribution in [1.29, 1.82) is 0 Å². The predicted molar refractivity (Wildman–Crippen MR) is 112 cm³/mol. The summed E-state index contributed by atoms with van der Waals surface area (Å²) in [6.07, 6.45) is -1.08. The fourth-order valence-corrected chi connectivity index (χ4v) is 3.09. The number of carbonyl (C=O) groups excluding carboxylic acids is 1. The van der Waals surface area contributed by atoms with Crippen LogP contribution in [0, 0.1) is 0 Å². The number of hydrogen-bond acceptors (Lipinski definition) is 4. The van der Waals surface area contributed by atoms with Gasteiger partial charge in [-0.3, -0.25) is 4.90 Å². The van der Waals surface area contributed by atoms with E-state index in [9.17, 15) is 19.8 Å². The van der Waals surface area contributed by atoms with E-state index in [0.29, 0.717) is 5.56 Å². The van der Waals surface area contributed by atoms with E-state index in [1.807, 2.05) is 60.7 Å². The highest BCUT2D eigenvalue weighted by Crippen LogP contribution is 2.18. The Bertz CT molecular complexity index is 958. The molecule has 1 amide bonds. The van der Waals surface area contributed by atoms with Crippen molar-refractivity contribution in [3.05, 3.63) is 102 Å². The number of hydrogen-bond donors (Lipinski definition) is 2. The standard InChI is InChI=1S/C24H23NO5/c26-21-13-11-18(12-14-21)15-22(23(27)30-17-20-9-5-2-6-10-20)25(24(28)29)16-19-7-3-1-4-8-19/h1-14,22,26H,15-17H2,(H,28,29)/t22-/m0/s1. The summed E-state index contributed by atoms with van der Waals surface area (Å²) >= 11 is 0. The Labute approximate surface area is 175 Å². The van der Waals surface area contributed by atoms with Crippen LogP contribution >= 0.6 is 0 Å². The summed E-state index contributed by atoms with van der Waals surface area (Å²) in [6, 6.07) is 23.6. The quantitative estimate of drug-likeness (QED) is 0.548. The molecule has 1 atom stereocenters. The first-order valence-electron chi connectivity index (χ1n) is 9.55. The number of benzene rings is 3. The Balaban J connectivity index is 1.82. The largest absolute Gasteiger partial charge is 0.508 e. The second-order valence-electron chi connectivity index (χ2n) is 6.88. The Kier molecular flexibility index (Phi) is 7.05. The molecule has 0 aliphatic heterocycles. The van der Waals surface area contributed by atoms with Crippen molar-refractivity contribution in [1.82, 2.24) is 4.90 Å². The zero-order chi connectivity index (χ0) is 21.3. The van der Waals surface area contributed by atoms with Gasteiger partial charge in [0.2, 0.25) is 0 Å². The zero-order valence-corrected chi connectivity index (χ0v) is 16.3. The molecular weight excluding hydrogens is 382 g/mol. The van der Waals surface area contributed by atoms with Crippen molar-refractivity contribution >= 4 is 12.1 Å². The number of esters is 1. The molecule has 0 aliphatic carbocycles. The Morgan fingerprint density at radius 1 is 0.800 bits per heavy atom. The number of carbonyl (C=O) groups is 2. The molecule has 0 bridgehead atoms. The van der Waals surface area contributed by atoms with Crippen molar-refractivity contribution in [2.24, 2.45) is 0 Å². The van der Waals surface area contributed by atoms with Gasteiger partial charge in [0.05, 0.1) is 0 Å². The number of ether oxygens (including phenoxy) is 1. The van der Waals surface area contributed by atoms with Gasteiger partial charge < -0.3 is 14.9 Å². The van der Waals surface area contributed by atoms with Crippen molar-refractivity contribution in [2.75, 3.05) is 0 Å². The van der Waals surface area contributed by atoms with Gasteiger partial charge in [0.15, 0.2) is 0 Å². The van der Waals surface area contributed by atoms with E-state index in [1.54, 1.807) is 12.1 Å². The summed E-state index contributed by atoms with van der Waals surface area (Å²) in [5, 5.41) is 19.3. The average Bonchev–Trinajstić information content (AvgIpc) is 2.77. The summed E-state index contributed by atoms with van der Waals surface area (Å²) in [5.41, 5.74) is 2.31. The molecule has 3 rings (SSSR count). The summed E-state index contributed by atoms with van der Waals surface area (Å²) in [5.74, 6) is -0.522. The normalized spacial score (nSPS) is 11.5. The summed E-state index contributed by atoms with van der Waals surface area (Å²) in [4.78, 5) is 26.1. The van der Waals surface area contributed by atoms with Gasteiger partial charge in [0.25, 0.3) is 0 Å².